The molecule has 3 N–H and O–H groups in total. The molecule has 39 heavy (non-hydrogen) atoms. The minimum atomic E-state index is -4.20. The number of hydrogen-bond donors (Lipinski definition) is 3. The Morgan fingerprint density at radius 2 is 2.05 bits per heavy atom. The minimum absolute atomic E-state index is 0.0655. The highest BCUT2D eigenvalue weighted by molar-refractivity contribution is 6.29. The molecule has 1 atom stereocenters. The van der Waals surface area contributed by atoms with Crippen molar-refractivity contribution in [3.05, 3.63) is 46.7 Å². The number of piperidine rings is 1. The summed E-state index contributed by atoms with van der Waals surface area (Å²) in [7, 11) is 0. The lowest BCUT2D eigenvalue weighted by molar-refractivity contribution is -0.148. The molecular formula is C26H28ClF3N8O. The average Bonchev–Trinajstić information content (AvgIpc) is 3.43. The lowest BCUT2D eigenvalue weighted by Crippen LogP contribution is -2.40. The van der Waals surface area contributed by atoms with E-state index in [1.165, 1.54) is 4.90 Å². The van der Waals surface area contributed by atoms with Crippen molar-refractivity contribution < 1.29 is 18.3 Å². The van der Waals surface area contributed by atoms with E-state index in [-0.39, 0.29) is 17.7 Å². The van der Waals surface area contributed by atoms with Crippen LogP contribution in [-0.4, -0.2) is 68.7 Å². The first-order valence-electron chi connectivity index (χ1n) is 12.6. The smallest absolute Gasteiger partial charge is 0.395 e. The molecule has 1 aromatic carbocycles. The molecule has 2 aliphatic rings. The Morgan fingerprint density at radius 3 is 2.74 bits per heavy atom. The maximum absolute atomic E-state index is 12.7. The Bertz CT molecular complexity index is 1400. The molecular weight excluding hydrogens is 533 g/mol. The number of aliphatic hydroxyl groups is 1. The van der Waals surface area contributed by atoms with Gasteiger partial charge in [-0.1, -0.05) is 18.5 Å². The van der Waals surface area contributed by atoms with Gasteiger partial charge in [0.05, 0.1) is 30.1 Å². The molecule has 1 fully saturated rings. The predicted octanol–water partition coefficient (Wildman–Crippen LogP) is 4.56. The van der Waals surface area contributed by atoms with Crippen molar-refractivity contribution in [2.75, 3.05) is 43.4 Å². The standard InChI is InChI=1S/C26H28ClF3N8O/c1-25(15-39)13-33-23-18(11-31)8-17(9-19(23)25)20-2-5-32-24(34-20)35-22-10-21(27)36-38(22)12-16-3-6-37(7-4-16)14-26(28,29)30/h2,5,8-10,16,33,39H,3-4,6-7,12-15H2,1H3,(H,32,34,35). The first kappa shape index (κ1) is 27.2. The van der Waals surface area contributed by atoms with Gasteiger partial charge >= 0.3 is 6.18 Å². The van der Waals surface area contributed by atoms with Gasteiger partial charge < -0.3 is 15.7 Å². The molecule has 0 amide bonds. The van der Waals surface area contributed by atoms with E-state index in [9.17, 15) is 23.5 Å². The zero-order valence-electron chi connectivity index (χ0n) is 21.3. The Balaban J connectivity index is 1.33. The number of rotatable bonds is 7. The summed E-state index contributed by atoms with van der Waals surface area (Å²) in [5.41, 5.74) is 2.85. The van der Waals surface area contributed by atoms with Crippen molar-refractivity contribution >= 4 is 29.1 Å². The molecule has 2 aromatic heterocycles. The number of nitriles is 1. The highest BCUT2D eigenvalue weighted by Crippen LogP contribution is 2.41. The fourth-order valence-corrected chi connectivity index (χ4v) is 5.40. The molecule has 0 spiro atoms. The first-order chi connectivity index (χ1) is 18.6. The quantitative estimate of drug-likeness (QED) is 0.385. The van der Waals surface area contributed by atoms with Crippen molar-refractivity contribution in [3.63, 3.8) is 0 Å². The van der Waals surface area contributed by atoms with Crippen molar-refractivity contribution in [2.45, 2.75) is 37.9 Å². The predicted molar refractivity (Wildman–Crippen MR) is 141 cm³/mol. The second kappa shape index (κ2) is 10.6. The number of hydrogen-bond acceptors (Lipinski definition) is 8. The van der Waals surface area contributed by atoms with E-state index >= 15 is 0 Å². The number of nitrogens with one attached hydrogen (secondary N) is 2. The molecule has 9 nitrogen and oxygen atoms in total. The van der Waals surface area contributed by atoms with Gasteiger partial charge in [0.15, 0.2) is 5.15 Å². The summed E-state index contributed by atoms with van der Waals surface area (Å²) in [5.74, 6) is 1.02. The van der Waals surface area contributed by atoms with Gasteiger partial charge in [0.25, 0.3) is 0 Å². The largest absolute Gasteiger partial charge is 0.401 e. The molecule has 1 unspecified atom stereocenters. The molecule has 0 aliphatic carbocycles. The van der Waals surface area contributed by atoms with Gasteiger partial charge in [-0.25, -0.2) is 14.6 Å². The van der Waals surface area contributed by atoms with Crippen LogP contribution in [0.4, 0.5) is 30.6 Å². The van der Waals surface area contributed by atoms with Gasteiger partial charge in [-0.3, -0.25) is 4.90 Å². The fourth-order valence-electron chi connectivity index (χ4n) is 5.21. The third-order valence-corrected chi connectivity index (χ3v) is 7.58. The van der Waals surface area contributed by atoms with Crippen molar-refractivity contribution in [1.29, 1.82) is 5.26 Å². The normalized spacial score (nSPS) is 19.9. The number of likely N-dealkylation sites (tertiary alicyclic amines) is 1. The Labute approximate surface area is 228 Å². The van der Waals surface area contributed by atoms with Crippen LogP contribution in [0.1, 0.15) is 30.9 Å². The number of aromatic nitrogens is 4. The number of anilines is 3. The monoisotopic (exact) mass is 560 g/mol. The Morgan fingerprint density at radius 1 is 1.28 bits per heavy atom. The lowest BCUT2D eigenvalue weighted by Gasteiger charge is -2.32. The van der Waals surface area contributed by atoms with E-state index in [1.54, 1.807) is 29.1 Å². The maximum atomic E-state index is 12.7. The maximum Gasteiger partial charge on any atom is 0.401 e. The van der Waals surface area contributed by atoms with Gasteiger partial charge in [-0.15, -0.1) is 0 Å². The zero-order valence-corrected chi connectivity index (χ0v) is 22.0. The topological polar surface area (TPSA) is 115 Å². The van der Waals surface area contributed by atoms with Gasteiger partial charge in [-0.2, -0.15) is 23.5 Å². The third-order valence-electron chi connectivity index (χ3n) is 7.40. The fraction of sp³-hybridized carbons (Fsp3) is 0.462. The molecule has 3 aromatic rings. The number of aliphatic hydroxyl groups excluding tert-OH is 1. The van der Waals surface area contributed by atoms with Crippen LogP contribution in [0, 0.1) is 17.2 Å². The molecule has 1 saturated heterocycles. The summed E-state index contributed by atoms with van der Waals surface area (Å²) in [4.78, 5) is 10.4. The molecule has 5 rings (SSSR count). The minimum Gasteiger partial charge on any atom is -0.395 e. The number of halogens is 4. The molecule has 0 saturated carbocycles. The number of benzene rings is 1. The lowest BCUT2D eigenvalue weighted by atomic mass is 9.83. The SMILES string of the molecule is CC1(CO)CNc2c(C#N)cc(-c3ccnc(Nc4cc(Cl)nn4CC4CCN(CC(F)(F)F)CC4)n3)cc21. The molecule has 13 heteroatoms. The molecule has 206 valence electrons. The van der Waals surface area contributed by atoms with Crippen LogP contribution in [0.5, 0.6) is 0 Å². The van der Waals surface area contributed by atoms with Gasteiger partial charge in [-0.05, 0) is 55.6 Å². The van der Waals surface area contributed by atoms with Crippen LogP contribution >= 0.6 is 11.6 Å². The van der Waals surface area contributed by atoms with E-state index in [0.29, 0.717) is 62.0 Å². The average molecular weight is 561 g/mol. The summed E-state index contributed by atoms with van der Waals surface area (Å²) >= 11 is 6.20. The zero-order chi connectivity index (χ0) is 27.8. The second-order valence-corrected chi connectivity index (χ2v) is 10.8. The Hall–Kier alpha value is -3.40. The summed E-state index contributed by atoms with van der Waals surface area (Å²) in [6.07, 6.45) is -1.34. The van der Waals surface area contributed by atoms with Gasteiger partial charge in [0, 0.05) is 36.3 Å². The van der Waals surface area contributed by atoms with Crippen LogP contribution in [0.3, 0.4) is 0 Å². The molecule has 2 aliphatic heterocycles. The van der Waals surface area contributed by atoms with Crippen LogP contribution in [0.25, 0.3) is 11.3 Å². The molecule has 4 heterocycles. The van der Waals surface area contributed by atoms with E-state index in [2.05, 4.69) is 31.8 Å². The molecule has 0 radical (unpaired) electrons. The highest BCUT2D eigenvalue weighted by atomic mass is 35.5. The van der Waals surface area contributed by atoms with Crippen molar-refractivity contribution in [3.8, 4) is 17.3 Å². The van der Waals surface area contributed by atoms with Crippen LogP contribution < -0.4 is 10.6 Å². The number of fused-ring (bicyclic) bond motifs is 1. The van der Waals surface area contributed by atoms with E-state index in [0.717, 1.165) is 16.8 Å². The number of nitrogens with zero attached hydrogens (tertiary/aromatic N) is 6. The second-order valence-electron chi connectivity index (χ2n) is 10.4. The van der Waals surface area contributed by atoms with E-state index in [1.807, 2.05) is 13.0 Å². The first-order valence-corrected chi connectivity index (χ1v) is 13.0. The summed E-state index contributed by atoms with van der Waals surface area (Å²) in [6.45, 7) is 2.77. The van der Waals surface area contributed by atoms with Crippen molar-refractivity contribution in [2.24, 2.45) is 5.92 Å². The van der Waals surface area contributed by atoms with Crippen molar-refractivity contribution in [1.82, 2.24) is 24.6 Å². The van der Waals surface area contributed by atoms with Gasteiger partial charge in [0.1, 0.15) is 11.9 Å². The van der Waals surface area contributed by atoms with E-state index in [4.69, 9.17) is 11.6 Å². The molecule has 0 bridgehead atoms. The number of alkyl halides is 3. The van der Waals surface area contributed by atoms with Crippen LogP contribution in [0.15, 0.2) is 30.5 Å². The Kier molecular flexibility index (Phi) is 7.41. The van der Waals surface area contributed by atoms with Crippen LogP contribution in [-0.2, 0) is 12.0 Å². The van der Waals surface area contributed by atoms with E-state index < -0.39 is 18.1 Å². The van der Waals surface area contributed by atoms with Gasteiger partial charge in [0.2, 0.25) is 5.95 Å². The summed E-state index contributed by atoms with van der Waals surface area (Å²) in [5, 5.41) is 30.7. The summed E-state index contributed by atoms with van der Waals surface area (Å²) < 4.78 is 39.8. The third kappa shape index (κ3) is 5.95. The summed E-state index contributed by atoms with van der Waals surface area (Å²) in [6, 6.07) is 9.31. The highest BCUT2D eigenvalue weighted by Gasteiger charge is 2.36. The van der Waals surface area contributed by atoms with Crippen LogP contribution in [0.2, 0.25) is 5.15 Å².